The highest BCUT2D eigenvalue weighted by atomic mass is 16.5. The lowest BCUT2D eigenvalue weighted by Crippen LogP contribution is -2.46. The van der Waals surface area contributed by atoms with Crippen LogP contribution in [0.3, 0.4) is 0 Å². The van der Waals surface area contributed by atoms with E-state index < -0.39 is 0 Å². The van der Waals surface area contributed by atoms with Crippen LogP contribution in [0.5, 0.6) is 0 Å². The van der Waals surface area contributed by atoms with E-state index in [1.807, 2.05) is 12.1 Å². The summed E-state index contributed by atoms with van der Waals surface area (Å²) >= 11 is 0. The number of nitrogens with zero attached hydrogens (tertiary/aromatic N) is 2. The van der Waals surface area contributed by atoms with Crippen LogP contribution >= 0.6 is 0 Å². The van der Waals surface area contributed by atoms with Gasteiger partial charge in [0.05, 0.1) is 18.2 Å². The second-order valence-corrected chi connectivity index (χ2v) is 7.68. The van der Waals surface area contributed by atoms with E-state index in [4.69, 9.17) is 4.74 Å². The van der Waals surface area contributed by atoms with Crippen molar-refractivity contribution in [2.45, 2.75) is 50.2 Å². The van der Waals surface area contributed by atoms with Crippen LogP contribution in [0.4, 0.5) is 0 Å². The molecular formula is C19H27N3O2. The van der Waals surface area contributed by atoms with Gasteiger partial charge in [-0.2, -0.15) is 0 Å². The Bertz CT molecular complexity index is 565. The zero-order chi connectivity index (χ0) is 16.4. The normalized spacial score (nSPS) is 27.1. The molecule has 1 N–H and O–H groups in total. The summed E-state index contributed by atoms with van der Waals surface area (Å²) in [6, 6.07) is 5.52. The lowest BCUT2D eigenvalue weighted by molar-refractivity contribution is -0.0473. The number of nitrogens with one attached hydrogen (secondary N) is 1. The van der Waals surface area contributed by atoms with Gasteiger partial charge in [-0.3, -0.25) is 9.78 Å². The van der Waals surface area contributed by atoms with Crippen molar-refractivity contribution >= 4 is 5.91 Å². The first-order valence-corrected chi connectivity index (χ1v) is 9.31. The summed E-state index contributed by atoms with van der Waals surface area (Å²) in [6.45, 7) is 4.17. The molecule has 0 aromatic carbocycles. The van der Waals surface area contributed by atoms with Crippen LogP contribution in [0.2, 0.25) is 0 Å². The summed E-state index contributed by atoms with van der Waals surface area (Å²) in [5, 5.41) is 3.09. The number of pyridine rings is 1. The third kappa shape index (κ3) is 3.47. The molecule has 130 valence electrons. The van der Waals surface area contributed by atoms with Crippen molar-refractivity contribution in [2.24, 2.45) is 5.92 Å². The average Bonchev–Trinajstić information content (AvgIpc) is 2.96. The number of ether oxygens (including phenoxy) is 1. The molecule has 1 amide bonds. The zero-order valence-corrected chi connectivity index (χ0v) is 14.2. The average molecular weight is 329 g/mol. The van der Waals surface area contributed by atoms with E-state index in [-0.39, 0.29) is 17.6 Å². The summed E-state index contributed by atoms with van der Waals surface area (Å²) in [7, 11) is 0. The SMILES string of the molecule is O=C(N[C@H]1COC2(CCN(CC3CCC3)CC2)C1)c1ccccn1. The van der Waals surface area contributed by atoms with Gasteiger partial charge in [-0.15, -0.1) is 0 Å². The van der Waals surface area contributed by atoms with Gasteiger partial charge in [0, 0.05) is 25.8 Å². The van der Waals surface area contributed by atoms with Crippen molar-refractivity contribution in [3.05, 3.63) is 30.1 Å². The first kappa shape index (κ1) is 16.0. The molecule has 3 aliphatic rings. The maximum Gasteiger partial charge on any atom is 0.270 e. The Morgan fingerprint density at radius 1 is 1.33 bits per heavy atom. The van der Waals surface area contributed by atoms with Gasteiger partial charge in [-0.25, -0.2) is 0 Å². The molecular weight excluding hydrogens is 302 g/mol. The van der Waals surface area contributed by atoms with Gasteiger partial charge >= 0.3 is 0 Å². The summed E-state index contributed by atoms with van der Waals surface area (Å²) in [6.07, 6.45) is 9.02. The predicted octanol–water partition coefficient (Wildman–Crippen LogP) is 2.23. The number of carbonyl (C=O) groups is 1. The van der Waals surface area contributed by atoms with Gasteiger partial charge in [0.25, 0.3) is 5.91 Å². The quantitative estimate of drug-likeness (QED) is 0.920. The highest BCUT2D eigenvalue weighted by molar-refractivity contribution is 5.92. The third-order valence-corrected chi connectivity index (χ3v) is 5.95. The summed E-state index contributed by atoms with van der Waals surface area (Å²) in [5.41, 5.74) is 0.465. The van der Waals surface area contributed by atoms with Crippen molar-refractivity contribution in [2.75, 3.05) is 26.2 Å². The van der Waals surface area contributed by atoms with Gasteiger partial charge in [-0.1, -0.05) is 12.5 Å². The molecule has 0 unspecified atom stereocenters. The lowest BCUT2D eigenvalue weighted by atomic mass is 9.83. The predicted molar refractivity (Wildman–Crippen MR) is 91.8 cm³/mol. The lowest BCUT2D eigenvalue weighted by Gasteiger charge is -2.41. The van der Waals surface area contributed by atoms with Crippen molar-refractivity contribution in [3.8, 4) is 0 Å². The summed E-state index contributed by atoms with van der Waals surface area (Å²) in [5.74, 6) is 0.845. The number of hydrogen-bond acceptors (Lipinski definition) is 4. The van der Waals surface area contributed by atoms with E-state index in [1.165, 1.54) is 25.8 Å². The summed E-state index contributed by atoms with van der Waals surface area (Å²) in [4.78, 5) is 19.0. The Kier molecular flexibility index (Phi) is 4.55. The second kappa shape index (κ2) is 6.81. The molecule has 0 bridgehead atoms. The van der Waals surface area contributed by atoms with Gasteiger partial charge in [0.2, 0.25) is 0 Å². The minimum Gasteiger partial charge on any atom is -0.373 e. The maximum absolute atomic E-state index is 12.2. The first-order valence-electron chi connectivity index (χ1n) is 9.31. The maximum atomic E-state index is 12.2. The fourth-order valence-corrected chi connectivity index (χ4v) is 4.23. The first-order chi connectivity index (χ1) is 11.7. The molecule has 5 heteroatoms. The Hall–Kier alpha value is -1.46. The number of amides is 1. The molecule has 1 aliphatic carbocycles. The van der Waals surface area contributed by atoms with Crippen LogP contribution in [0, 0.1) is 5.92 Å². The molecule has 2 aliphatic heterocycles. The number of carbonyl (C=O) groups excluding carboxylic acids is 1. The monoisotopic (exact) mass is 329 g/mol. The number of rotatable bonds is 4. The number of likely N-dealkylation sites (tertiary alicyclic amines) is 1. The highest BCUT2D eigenvalue weighted by Gasteiger charge is 2.43. The van der Waals surface area contributed by atoms with Crippen molar-refractivity contribution in [1.82, 2.24) is 15.2 Å². The molecule has 1 atom stereocenters. The van der Waals surface area contributed by atoms with Gasteiger partial charge in [-0.05, 0) is 50.2 Å². The minimum atomic E-state index is -0.0938. The standard InChI is InChI=1S/C19H27N3O2/c23-18(17-6-1-2-9-20-17)21-16-12-19(24-14-16)7-10-22(11-8-19)13-15-4-3-5-15/h1-2,6,9,15-16H,3-5,7-8,10-14H2,(H,21,23)/t16-/m1/s1. The number of aromatic nitrogens is 1. The van der Waals surface area contributed by atoms with Crippen LogP contribution in [-0.2, 0) is 4.74 Å². The molecule has 3 fully saturated rings. The molecule has 4 rings (SSSR count). The Balaban J connectivity index is 1.26. The minimum absolute atomic E-state index is 0.0157. The number of hydrogen-bond donors (Lipinski definition) is 1. The van der Waals surface area contributed by atoms with Crippen LogP contribution in [0.15, 0.2) is 24.4 Å². The largest absolute Gasteiger partial charge is 0.373 e. The Morgan fingerprint density at radius 2 is 2.17 bits per heavy atom. The van der Waals surface area contributed by atoms with Crippen LogP contribution in [0.25, 0.3) is 0 Å². The van der Waals surface area contributed by atoms with E-state index in [9.17, 15) is 4.79 Å². The molecule has 0 radical (unpaired) electrons. The van der Waals surface area contributed by atoms with Gasteiger partial charge in [0.1, 0.15) is 5.69 Å². The van der Waals surface area contributed by atoms with Gasteiger partial charge < -0.3 is 15.0 Å². The van der Waals surface area contributed by atoms with Crippen LogP contribution in [-0.4, -0.2) is 53.7 Å². The van der Waals surface area contributed by atoms with Gasteiger partial charge in [0.15, 0.2) is 0 Å². The smallest absolute Gasteiger partial charge is 0.270 e. The molecule has 1 aromatic rings. The van der Waals surface area contributed by atoms with E-state index in [0.29, 0.717) is 12.3 Å². The molecule has 24 heavy (non-hydrogen) atoms. The van der Waals surface area contributed by atoms with Crippen LogP contribution < -0.4 is 5.32 Å². The molecule has 1 spiro atoms. The van der Waals surface area contributed by atoms with Crippen molar-refractivity contribution < 1.29 is 9.53 Å². The fraction of sp³-hybridized carbons (Fsp3) is 0.684. The molecule has 1 saturated carbocycles. The Labute approximate surface area is 143 Å². The van der Waals surface area contributed by atoms with E-state index >= 15 is 0 Å². The molecule has 3 heterocycles. The molecule has 2 saturated heterocycles. The zero-order valence-electron chi connectivity index (χ0n) is 14.2. The molecule has 1 aromatic heterocycles. The van der Waals surface area contributed by atoms with Crippen molar-refractivity contribution in [1.29, 1.82) is 0 Å². The van der Waals surface area contributed by atoms with E-state index in [1.54, 1.807) is 12.3 Å². The van der Waals surface area contributed by atoms with E-state index in [2.05, 4.69) is 15.2 Å². The fourth-order valence-electron chi connectivity index (χ4n) is 4.23. The molecule has 5 nitrogen and oxygen atoms in total. The van der Waals surface area contributed by atoms with Crippen LogP contribution in [0.1, 0.15) is 49.0 Å². The Morgan fingerprint density at radius 3 is 2.83 bits per heavy atom. The number of piperidine rings is 1. The van der Waals surface area contributed by atoms with E-state index in [0.717, 1.165) is 38.3 Å². The van der Waals surface area contributed by atoms with Crippen molar-refractivity contribution in [3.63, 3.8) is 0 Å². The highest BCUT2D eigenvalue weighted by Crippen LogP contribution is 2.37. The third-order valence-electron chi connectivity index (χ3n) is 5.95. The summed E-state index contributed by atoms with van der Waals surface area (Å²) < 4.78 is 6.16. The topological polar surface area (TPSA) is 54.5 Å². The second-order valence-electron chi connectivity index (χ2n) is 7.68.